The number of carbonyl (C=O) groups is 1. The quantitative estimate of drug-likeness (QED) is 0.0821. The minimum Gasteiger partial charge on any atom is -0.464 e. The van der Waals surface area contributed by atoms with Gasteiger partial charge in [-0.05, 0) is 42.5 Å². The first kappa shape index (κ1) is 33.2. The number of hydrogen-bond donors (Lipinski definition) is 4. The molecule has 0 spiro atoms. The molecule has 2 aromatic carbocycles. The molecule has 0 unspecified atom stereocenters. The Bertz CT molecular complexity index is 1670. The summed E-state index contributed by atoms with van der Waals surface area (Å²) in [6, 6.07) is 12.5. The summed E-state index contributed by atoms with van der Waals surface area (Å²) in [6.07, 6.45) is 1.21. The molecule has 0 saturated carbocycles. The molecule has 2 aromatic heterocycles. The van der Waals surface area contributed by atoms with Crippen molar-refractivity contribution in [2.45, 2.75) is 53.0 Å². The summed E-state index contributed by atoms with van der Waals surface area (Å²) in [5.74, 6) is 0.576. The predicted molar refractivity (Wildman–Crippen MR) is 175 cm³/mol. The molecular weight excluding hydrogens is 603 g/mol. The fraction of sp³-hybridized carbons (Fsp3) is 0.414. The van der Waals surface area contributed by atoms with Gasteiger partial charge in [0.1, 0.15) is 24.1 Å². The number of hydrogen-bond acceptors (Lipinski definition) is 12. The summed E-state index contributed by atoms with van der Waals surface area (Å²) >= 11 is 5.93. The van der Waals surface area contributed by atoms with Crippen LogP contribution in [0.3, 0.4) is 0 Å². The molecule has 0 amide bonds. The lowest BCUT2D eigenvalue weighted by Gasteiger charge is -2.29. The van der Waals surface area contributed by atoms with E-state index in [2.05, 4.69) is 25.4 Å². The smallest absolute Gasteiger partial charge is 0.323 e. The van der Waals surface area contributed by atoms with Crippen LogP contribution < -0.4 is 20.7 Å². The van der Waals surface area contributed by atoms with Gasteiger partial charge in [-0.3, -0.25) is 9.36 Å². The summed E-state index contributed by atoms with van der Waals surface area (Å²) in [5, 5.41) is 15.8. The van der Waals surface area contributed by atoms with Crippen LogP contribution in [-0.4, -0.2) is 64.1 Å². The summed E-state index contributed by atoms with van der Waals surface area (Å²) in [6.45, 7) is 6.03. The summed E-state index contributed by atoms with van der Waals surface area (Å²) < 4.78 is 25.9. The molecular formula is C29H39N8O5PS. The van der Waals surface area contributed by atoms with Gasteiger partial charge in [0.15, 0.2) is 17.0 Å². The molecule has 5 N–H and O–H groups in total. The zero-order valence-electron chi connectivity index (χ0n) is 25.6. The molecule has 0 aliphatic carbocycles. The van der Waals surface area contributed by atoms with Gasteiger partial charge in [0.05, 0.1) is 19.5 Å². The average molecular weight is 643 g/mol. The number of esters is 1. The Hall–Kier alpha value is -3.68. The normalized spacial score (nSPS) is 15.3. The number of benzene rings is 2. The second-order valence-electron chi connectivity index (χ2n) is 11.3. The van der Waals surface area contributed by atoms with Crippen LogP contribution in [0.15, 0.2) is 48.8 Å². The van der Waals surface area contributed by atoms with Crippen LogP contribution in [0.4, 0.5) is 11.8 Å². The van der Waals surface area contributed by atoms with Crippen molar-refractivity contribution in [3.05, 3.63) is 48.8 Å². The van der Waals surface area contributed by atoms with E-state index >= 15 is 0 Å². The Morgan fingerprint density at radius 2 is 1.91 bits per heavy atom. The summed E-state index contributed by atoms with van der Waals surface area (Å²) in [5.41, 5.74) is 6.67. The summed E-state index contributed by atoms with van der Waals surface area (Å²) in [4.78, 5) is 25.7. The molecule has 4 atom stereocenters. The van der Waals surface area contributed by atoms with E-state index in [4.69, 9.17) is 41.5 Å². The first-order chi connectivity index (χ1) is 20.8. The van der Waals surface area contributed by atoms with Crippen molar-refractivity contribution < 1.29 is 23.3 Å². The maximum absolute atomic E-state index is 12.9. The van der Waals surface area contributed by atoms with Gasteiger partial charge in [0, 0.05) is 18.6 Å². The van der Waals surface area contributed by atoms with Crippen molar-refractivity contribution in [1.82, 2.24) is 24.6 Å². The van der Waals surface area contributed by atoms with Crippen LogP contribution in [0.5, 0.6) is 5.75 Å². The highest BCUT2D eigenvalue weighted by molar-refractivity contribution is 8.09. The van der Waals surface area contributed by atoms with Gasteiger partial charge in [-0.25, -0.2) is 10.1 Å². The minimum atomic E-state index is -3.41. The lowest BCUT2D eigenvalue weighted by molar-refractivity contribution is -0.148. The van der Waals surface area contributed by atoms with Crippen LogP contribution in [0.25, 0.3) is 21.9 Å². The van der Waals surface area contributed by atoms with Crippen molar-refractivity contribution in [2.24, 2.45) is 5.41 Å². The van der Waals surface area contributed by atoms with Crippen molar-refractivity contribution in [3.8, 4) is 5.75 Å². The van der Waals surface area contributed by atoms with E-state index in [0.29, 0.717) is 22.7 Å². The maximum Gasteiger partial charge on any atom is 0.323 e. The Morgan fingerprint density at radius 1 is 1.18 bits per heavy atom. The van der Waals surface area contributed by atoms with Gasteiger partial charge in [0.2, 0.25) is 5.95 Å². The van der Waals surface area contributed by atoms with Crippen LogP contribution in [0.2, 0.25) is 0 Å². The standard InChI is InChI=1S/C29H39N8O5PS/c1-18(27(38)39-16-29(3,4)5)36-43(44,42-23-13-9-11-20-10-7-8-12-22(20)23)40-15-21(14-30)41-19(2)37-17-33-24-25(32-6)34-28(31)35-26(24)37/h7-14,17-19,21,30H,15-16H2,1-6H3,(H,36,44)(H3,31,32,34,35)/t18-,19-,21+,43+/m1/s1. The third kappa shape index (κ3) is 8.27. The van der Waals surface area contributed by atoms with E-state index in [-0.39, 0.29) is 24.6 Å². The van der Waals surface area contributed by atoms with Gasteiger partial charge >= 0.3 is 12.6 Å². The first-order valence-electron chi connectivity index (χ1n) is 14.0. The highest BCUT2D eigenvalue weighted by Crippen LogP contribution is 2.47. The number of ether oxygens (including phenoxy) is 2. The molecule has 236 valence electrons. The molecule has 0 radical (unpaired) electrons. The number of carbonyl (C=O) groups excluding carboxylic acids is 1. The van der Waals surface area contributed by atoms with Gasteiger partial charge < -0.3 is 35.0 Å². The molecule has 0 aliphatic rings. The predicted octanol–water partition coefficient (Wildman–Crippen LogP) is 5.04. The number of fused-ring (bicyclic) bond motifs is 2. The summed E-state index contributed by atoms with van der Waals surface area (Å²) in [7, 11) is 1.71. The van der Waals surface area contributed by atoms with Gasteiger partial charge in [-0.2, -0.15) is 9.97 Å². The fourth-order valence-corrected chi connectivity index (χ4v) is 6.61. The third-order valence-electron chi connectivity index (χ3n) is 6.35. The van der Waals surface area contributed by atoms with E-state index in [1.165, 1.54) is 0 Å². The average Bonchev–Trinajstić information content (AvgIpc) is 3.41. The maximum atomic E-state index is 12.9. The van der Waals surface area contributed by atoms with E-state index in [0.717, 1.165) is 17.0 Å². The number of nitrogens with one attached hydrogen (secondary N) is 3. The van der Waals surface area contributed by atoms with Gasteiger partial charge in [0.25, 0.3) is 0 Å². The van der Waals surface area contributed by atoms with Crippen LogP contribution >= 0.6 is 6.64 Å². The Morgan fingerprint density at radius 3 is 2.61 bits per heavy atom. The molecule has 13 nitrogen and oxygen atoms in total. The zero-order chi connectivity index (χ0) is 32.1. The second kappa shape index (κ2) is 14.0. The Balaban J connectivity index is 1.54. The number of rotatable bonds is 14. The highest BCUT2D eigenvalue weighted by Gasteiger charge is 2.30. The van der Waals surface area contributed by atoms with E-state index in [1.807, 2.05) is 57.2 Å². The van der Waals surface area contributed by atoms with Crippen molar-refractivity contribution >= 4 is 64.3 Å². The van der Waals surface area contributed by atoms with Crippen LogP contribution in [0.1, 0.15) is 40.8 Å². The molecule has 0 saturated heterocycles. The second-order valence-corrected chi connectivity index (χ2v) is 14.5. The lowest BCUT2D eigenvalue weighted by atomic mass is 9.99. The van der Waals surface area contributed by atoms with Gasteiger partial charge in [-0.1, -0.05) is 57.2 Å². The topological polar surface area (TPSA) is 172 Å². The number of nitrogen functional groups attached to an aromatic ring is 1. The number of aromatic nitrogens is 4. The Labute approximate surface area is 261 Å². The third-order valence-corrected chi connectivity index (χ3v) is 8.84. The first-order valence-corrected chi connectivity index (χ1v) is 16.7. The molecule has 15 heteroatoms. The molecule has 2 heterocycles. The number of imidazole rings is 1. The monoisotopic (exact) mass is 642 g/mol. The molecule has 0 fully saturated rings. The van der Waals surface area contributed by atoms with E-state index in [1.54, 1.807) is 37.9 Å². The van der Waals surface area contributed by atoms with Crippen molar-refractivity contribution in [1.29, 1.82) is 5.41 Å². The Kier molecular flexibility index (Phi) is 10.5. The van der Waals surface area contributed by atoms with Crippen LogP contribution in [-0.2, 0) is 30.6 Å². The fourth-order valence-electron chi connectivity index (χ4n) is 4.19. The number of anilines is 2. The van der Waals surface area contributed by atoms with Crippen molar-refractivity contribution in [2.75, 3.05) is 31.3 Å². The van der Waals surface area contributed by atoms with Crippen LogP contribution in [0, 0.1) is 10.8 Å². The highest BCUT2D eigenvalue weighted by atomic mass is 32.5. The lowest BCUT2D eigenvalue weighted by Crippen LogP contribution is -2.37. The molecule has 4 rings (SSSR count). The van der Waals surface area contributed by atoms with E-state index < -0.39 is 31.0 Å². The molecule has 44 heavy (non-hydrogen) atoms. The minimum absolute atomic E-state index is 0.0789. The van der Waals surface area contributed by atoms with E-state index in [9.17, 15) is 4.79 Å². The molecule has 0 aliphatic heterocycles. The van der Waals surface area contributed by atoms with Crippen molar-refractivity contribution in [3.63, 3.8) is 0 Å². The zero-order valence-corrected chi connectivity index (χ0v) is 27.3. The van der Waals surface area contributed by atoms with Gasteiger partial charge in [-0.15, -0.1) is 0 Å². The number of nitrogens with zero attached hydrogens (tertiary/aromatic N) is 4. The number of nitrogens with two attached hydrogens (primary N) is 1. The largest absolute Gasteiger partial charge is 0.464 e. The molecule has 0 bridgehead atoms. The molecule has 4 aromatic rings. The SMILES string of the molecule is CNc1nc(N)nc2c1ncn2[C@@H](C)O[C@@H](C=N)CO[P@@](=S)(N[C@H](C)C(=O)OCC(C)(C)C)Oc1cccc2ccccc12.